The number of ether oxygens (including phenoxy) is 2. The predicted molar refractivity (Wildman–Crippen MR) is 177 cm³/mol. The summed E-state index contributed by atoms with van der Waals surface area (Å²) in [4.78, 5) is 42.5. The molecule has 1 saturated heterocycles. The molecule has 1 aliphatic heterocycles. The highest BCUT2D eigenvalue weighted by molar-refractivity contribution is 7.98. The topological polar surface area (TPSA) is 72.9 Å². The van der Waals surface area contributed by atoms with Gasteiger partial charge in [0.15, 0.2) is 17.2 Å². The van der Waals surface area contributed by atoms with Crippen LogP contribution < -0.4 is 9.47 Å². The van der Waals surface area contributed by atoms with E-state index in [1.165, 1.54) is 0 Å². The van der Waals surface area contributed by atoms with E-state index in [4.69, 9.17) is 9.47 Å². The van der Waals surface area contributed by atoms with Gasteiger partial charge in [-0.3, -0.25) is 9.59 Å². The molecule has 3 aromatic carbocycles. The quantitative estimate of drug-likeness (QED) is 0.151. The van der Waals surface area contributed by atoms with Gasteiger partial charge >= 0.3 is 6.09 Å². The third-order valence-corrected chi connectivity index (χ3v) is 9.05. The molecule has 0 bridgehead atoms. The summed E-state index contributed by atoms with van der Waals surface area (Å²) in [5.41, 5.74) is 2.85. The summed E-state index contributed by atoms with van der Waals surface area (Å²) < 4.78 is 11.9. The Morgan fingerprint density at radius 2 is 1.59 bits per heavy atom. The minimum Gasteiger partial charge on any atom is -0.480 e. The monoisotopic (exact) mass is 615 g/mol. The number of nitrogens with zero attached hydrogens (tertiary/aromatic N) is 1. The Morgan fingerprint density at radius 3 is 2.18 bits per heavy atom. The molecule has 2 unspecified atom stereocenters. The Hall–Kier alpha value is -3.58. The fraction of sp³-hybridized carbons (Fsp3) is 0.432. The maximum atomic E-state index is 13.8. The van der Waals surface area contributed by atoms with Crippen LogP contribution in [0.15, 0.2) is 71.6 Å². The van der Waals surface area contributed by atoms with Gasteiger partial charge in [0, 0.05) is 35.9 Å². The van der Waals surface area contributed by atoms with Crippen LogP contribution in [-0.2, 0) is 11.2 Å². The largest absolute Gasteiger partial charge is 0.480 e. The van der Waals surface area contributed by atoms with Crippen molar-refractivity contribution < 1.29 is 23.9 Å². The van der Waals surface area contributed by atoms with Crippen LogP contribution in [0.1, 0.15) is 67.6 Å². The van der Waals surface area contributed by atoms with Gasteiger partial charge in [0.1, 0.15) is 11.5 Å². The third kappa shape index (κ3) is 8.32. The van der Waals surface area contributed by atoms with Gasteiger partial charge in [0.2, 0.25) is 0 Å². The summed E-state index contributed by atoms with van der Waals surface area (Å²) in [5.74, 6) is 1.30. The standard InChI is InChI=1S/C37H45NO5S/c1-24(2)19-33(39)37(5,6)43-35-25(3)20-27(21-26(35)4)13-14-29-22-38(36(41)42-30-11-9-8-10-12-30)23-32(29)34(40)28-15-17-31(44-7)18-16-28/h8-12,15-18,20-21,24,29,32H,13-14,19,22-23H2,1-7H3. The molecule has 234 valence electrons. The van der Waals surface area contributed by atoms with Gasteiger partial charge in [-0.1, -0.05) is 56.3 Å². The van der Waals surface area contributed by atoms with Crippen LogP contribution in [-0.4, -0.2) is 47.5 Å². The van der Waals surface area contributed by atoms with Gasteiger partial charge in [-0.2, -0.15) is 0 Å². The van der Waals surface area contributed by atoms with Crippen LogP contribution in [0.3, 0.4) is 0 Å². The first kappa shape index (κ1) is 33.3. The number of benzene rings is 3. The van der Waals surface area contributed by atoms with E-state index >= 15 is 0 Å². The summed E-state index contributed by atoms with van der Waals surface area (Å²) in [6, 6.07) is 20.9. The van der Waals surface area contributed by atoms with Crippen LogP contribution in [0.2, 0.25) is 0 Å². The maximum absolute atomic E-state index is 13.8. The van der Waals surface area contributed by atoms with E-state index in [0.29, 0.717) is 30.8 Å². The van der Waals surface area contributed by atoms with E-state index in [1.54, 1.807) is 28.8 Å². The van der Waals surface area contributed by atoms with E-state index in [9.17, 15) is 14.4 Å². The molecule has 1 heterocycles. The van der Waals surface area contributed by atoms with Crippen LogP contribution in [0, 0.1) is 31.6 Å². The van der Waals surface area contributed by atoms with Crippen molar-refractivity contribution >= 4 is 29.4 Å². The van der Waals surface area contributed by atoms with Gasteiger partial charge in [0.25, 0.3) is 0 Å². The smallest absolute Gasteiger partial charge is 0.415 e. The molecule has 0 aromatic heterocycles. The fourth-order valence-corrected chi connectivity index (χ4v) is 6.27. The van der Waals surface area contributed by atoms with Crippen molar-refractivity contribution in [2.75, 3.05) is 19.3 Å². The minimum atomic E-state index is -0.912. The lowest BCUT2D eigenvalue weighted by atomic mass is 9.84. The number of carbonyl (C=O) groups excluding carboxylic acids is 3. The highest BCUT2D eigenvalue weighted by Crippen LogP contribution is 2.34. The Kier molecular flexibility index (Phi) is 11.0. The number of Topliss-reactive ketones (excluding diaryl/α,β-unsaturated/α-hetero) is 2. The lowest BCUT2D eigenvalue weighted by Crippen LogP contribution is -2.39. The average molecular weight is 616 g/mol. The van der Waals surface area contributed by atoms with Crippen molar-refractivity contribution in [3.63, 3.8) is 0 Å². The molecule has 2 atom stereocenters. The molecule has 44 heavy (non-hydrogen) atoms. The normalized spacial score (nSPS) is 16.7. The van der Waals surface area contributed by atoms with Gasteiger partial charge in [-0.25, -0.2) is 4.79 Å². The molecule has 4 rings (SSSR count). The number of hydrogen-bond acceptors (Lipinski definition) is 6. The van der Waals surface area contributed by atoms with Crippen molar-refractivity contribution in [1.29, 1.82) is 0 Å². The molecule has 3 aromatic rings. The van der Waals surface area contributed by atoms with E-state index < -0.39 is 11.7 Å². The number of aryl methyl sites for hydroxylation is 3. The van der Waals surface area contributed by atoms with Crippen LogP contribution in [0.5, 0.6) is 11.5 Å². The SMILES string of the molecule is CSc1ccc(C(=O)C2CN(C(=O)Oc3ccccc3)CC2CCc2cc(C)c(OC(C)(C)C(=O)CC(C)C)c(C)c2)cc1. The first-order valence-electron chi connectivity index (χ1n) is 15.4. The molecule has 1 aliphatic rings. The number of para-hydroxylation sites is 1. The Balaban J connectivity index is 1.50. The van der Waals surface area contributed by atoms with Crippen LogP contribution in [0.4, 0.5) is 4.79 Å². The number of ketones is 2. The molecule has 1 fully saturated rings. The molecule has 7 heteroatoms. The summed E-state index contributed by atoms with van der Waals surface area (Å²) in [6.07, 6.45) is 3.54. The van der Waals surface area contributed by atoms with Gasteiger partial charge in [-0.15, -0.1) is 11.8 Å². The molecular formula is C37H45NO5S. The van der Waals surface area contributed by atoms with Gasteiger partial charge < -0.3 is 14.4 Å². The average Bonchev–Trinajstić information content (AvgIpc) is 3.42. The molecule has 0 aliphatic carbocycles. The summed E-state index contributed by atoms with van der Waals surface area (Å²) in [5, 5.41) is 0. The molecular weight excluding hydrogens is 570 g/mol. The lowest BCUT2D eigenvalue weighted by molar-refractivity contribution is -0.132. The lowest BCUT2D eigenvalue weighted by Gasteiger charge is -2.28. The zero-order chi connectivity index (χ0) is 32.0. The van der Waals surface area contributed by atoms with Crippen LogP contribution in [0.25, 0.3) is 0 Å². The second kappa shape index (κ2) is 14.5. The highest BCUT2D eigenvalue weighted by Gasteiger charge is 2.40. The molecule has 0 saturated carbocycles. The Bertz CT molecular complexity index is 1440. The zero-order valence-corrected chi connectivity index (χ0v) is 27.8. The Morgan fingerprint density at radius 1 is 0.955 bits per heavy atom. The van der Waals surface area contributed by atoms with Gasteiger partial charge in [-0.05, 0) is 99.6 Å². The van der Waals surface area contributed by atoms with Crippen molar-refractivity contribution in [1.82, 2.24) is 4.90 Å². The van der Waals surface area contributed by atoms with E-state index in [1.807, 2.05) is 90.3 Å². The second-order valence-corrected chi connectivity index (χ2v) is 13.7. The van der Waals surface area contributed by atoms with Crippen molar-refractivity contribution in [3.8, 4) is 11.5 Å². The Labute approximate surface area is 266 Å². The first-order chi connectivity index (χ1) is 20.9. The van der Waals surface area contributed by atoms with E-state index in [-0.39, 0.29) is 29.3 Å². The second-order valence-electron chi connectivity index (χ2n) is 12.8. The van der Waals surface area contributed by atoms with Crippen molar-refractivity contribution in [2.24, 2.45) is 17.8 Å². The van der Waals surface area contributed by atoms with Crippen molar-refractivity contribution in [3.05, 3.63) is 89.0 Å². The van der Waals surface area contributed by atoms with E-state index in [2.05, 4.69) is 12.1 Å². The predicted octanol–water partition coefficient (Wildman–Crippen LogP) is 8.36. The number of rotatable bonds is 12. The number of thioether (sulfide) groups is 1. The van der Waals surface area contributed by atoms with E-state index in [0.717, 1.165) is 40.2 Å². The van der Waals surface area contributed by atoms with Gasteiger partial charge in [0.05, 0.1) is 0 Å². The minimum absolute atomic E-state index is 0.0184. The highest BCUT2D eigenvalue weighted by atomic mass is 32.2. The summed E-state index contributed by atoms with van der Waals surface area (Å²) in [7, 11) is 0. The number of likely N-dealkylation sites (tertiary alicyclic amines) is 1. The number of carbonyl (C=O) groups is 3. The molecule has 0 radical (unpaired) electrons. The molecule has 0 spiro atoms. The zero-order valence-electron chi connectivity index (χ0n) is 27.0. The van der Waals surface area contributed by atoms with Crippen LogP contribution >= 0.6 is 11.8 Å². The number of amides is 1. The summed E-state index contributed by atoms with van der Waals surface area (Å²) >= 11 is 1.64. The molecule has 1 amide bonds. The fourth-order valence-electron chi connectivity index (χ4n) is 5.86. The van der Waals surface area contributed by atoms with Crippen molar-refractivity contribution in [2.45, 2.75) is 71.3 Å². The number of hydrogen-bond donors (Lipinski definition) is 0. The third-order valence-electron chi connectivity index (χ3n) is 8.31. The summed E-state index contributed by atoms with van der Waals surface area (Å²) in [6.45, 7) is 12.5. The molecule has 0 N–H and O–H groups in total. The maximum Gasteiger partial charge on any atom is 0.415 e. The molecule has 6 nitrogen and oxygen atoms in total. The first-order valence-corrected chi connectivity index (χ1v) is 16.6.